The highest BCUT2D eigenvalue weighted by Gasteiger charge is 2.04. The van der Waals surface area contributed by atoms with E-state index in [1.54, 1.807) is 0 Å². The Kier molecular flexibility index (Phi) is 2.90. The fourth-order valence-electron chi connectivity index (χ4n) is 1.86. The minimum Gasteiger partial charge on any atom is -0.429 e. The lowest BCUT2D eigenvalue weighted by Crippen LogP contribution is -2.01. The molecule has 5 heteroatoms. The van der Waals surface area contributed by atoms with Crippen molar-refractivity contribution in [2.45, 2.75) is 6.54 Å². The number of fused-ring (bicyclic) bond motifs is 1. The molecule has 4 nitrogen and oxygen atoms in total. The fraction of sp³-hybridized carbons (Fsp3) is 0.0769. The number of hydrogen-bond donors (Lipinski definition) is 1. The van der Waals surface area contributed by atoms with Gasteiger partial charge in [-0.05, 0) is 29.8 Å². The minimum atomic E-state index is 0.688. The standard InChI is InChI=1S/C13H11N3OS/c18-17-11-7-5-10(6-8-11)9-16-13-4-2-1-3-12(13)14-15-16/h1-8,18H,9H2. The van der Waals surface area contributed by atoms with Crippen molar-refractivity contribution in [3.8, 4) is 5.75 Å². The number of para-hydroxylation sites is 1. The van der Waals surface area contributed by atoms with E-state index in [0.717, 1.165) is 22.3 Å². The summed E-state index contributed by atoms with van der Waals surface area (Å²) in [7, 11) is 0. The fourth-order valence-corrected chi connectivity index (χ4v) is 1.98. The molecule has 1 aromatic heterocycles. The van der Waals surface area contributed by atoms with Crippen molar-refractivity contribution in [3.63, 3.8) is 0 Å². The lowest BCUT2D eigenvalue weighted by atomic mass is 10.2. The Hall–Kier alpha value is -2.01. The SMILES string of the molecule is SOc1ccc(Cn2nnc3ccccc32)cc1. The second kappa shape index (κ2) is 4.70. The summed E-state index contributed by atoms with van der Waals surface area (Å²) in [5.74, 6) is 0.727. The third-order valence-corrected chi connectivity index (χ3v) is 2.99. The molecule has 0 spiro atoms. The van der Waals surface area contributed by atoms with Gasteiger partial charge in [-0.3, -0.25) is 0 Å². The van der Waals surface area contributed by atoms with Crippen LogP contribution in [0.4, 0.5) is 0 Å². The summed E-state index contributed by atoms with van der Waals surface area (Å²) < 4.78 is 6.72. The second-order valence-electron chi connectivity index (χ2n) is 3.97. The largest absolute Gasteiger partial charge is 0.429 e. The summed E-state index contributed by atoms with van der Waals surface area (Å²) >= 11 is 3.75. The lowest BCUT2D eigenvalue weighted by molar-refractivity contribution is 0.652. The average molecular weight is 257 g/mol. The molecule has 3 rings (SSSR count). The van der Waals surface area contributed by atoms with E-state index < -0.39 is 0 Å². The normalized spacial score (nSPS) is 10.7. The van der Waals surface area contributed by atoms with Gasteiger partial charge in [-0.2, -0.15) is 0 Å². The predicted octanol–water partition coefficient (Wildman–Crippen LogP) is 2.70. The van der Waals surface area contributed by atoms with Gasteiger partial charge in [-0.1, -0.05) is 29.5 Å². The molecular weight excluding hydrogens is 246 g/mol. The smallest absolute Gasteiger partial charge is 0.137 e. The first-order chi connectivity index (χ1) is 8.86. The molecule has 0 amide bonds. The van der Waals surface area contributed by atoms with Gasteiger partial charge >= 0.3 is 0 Å². The van der Waals surface area contributed by atoms with Crippen LogP contribution >= 0.6 is 12.9 Å². The number of nitrogens with zero attached hydrogens (tertiary/aromatic N) is 3. The Bertz CT molecular complexity index is 663. The number of benzene rings is 2. The molecule has 0 aliphatic heterocycles. The van der Waals surface area contributed by atoms with Crippen LogP contribution in [0.3, 0.4) is 0 Å². The molecule has 0 aliphatic carbocycles. The van der Waals surface area contributed by atoms with Crippen LogP contribution in [-0.4, -0.2) is 15.0 Å². The van der Waals surface area contributed by atoms with E-state index in [0.29, 0.717) is 6.54 Å². The third-order valence-electron chi connectivity index (χ3n) is 2.78. The summed E-state index contributed by atoms with van der Waals surface area (Å²) in [6.07, 6.45) is 0. The molecule has 0 radical (unpaired) electrons. The maximum absolute atomic E-state index is 4.83. The van der Waals surface area contributed by atoms with Gasteiger partial charge in [-0.25, -0.2) is 4.68 Å². The molecule has 2 aromatic carbocycles. The molecule has 1 heterocycles. The Morgan fingerprint density at radius 2 is 1.83 bits per heavy atom. The molecule has 0 unspecified atom stereocenters. The molecule has 0 atom stereocenters. The lowest BCUT2D eigenvalue weighted by Gasteiger charge is -2.03. The van der Waals surface area contributed by atoms with Crippen LogP contribution in [0.25, 0.3) is 11.0 Å². The first-order valence-corrected chi connectivity index (χ1v) is 5.92. The average Bonchev–Trinajstić information content (AvgIpc) is 2.83. The van der Waals surface area contributed by atoms with Crippen molar-refractivity contribution in [1.82, 2.24) is 15.0 Å². The van der Waals surface area contributed by atoms with Crippen LogP contribution in [-0.2, 0) is 6.54 Å². The summed E-state index contributed by atoms with van der Waals surface area (Å²) in [5.41, 5.74) is 3.08. The van der Waals surface area contributed by atoms with Crippen molar-refractivity contribution in [3.05, 3.63) is 54.1 Å². The zero-order chi connectivity index (χ0) is 12.4. The number of hydrogen-bond acceptors (Lipinski definition) is 4. The quantitative estimate of drug-likeness (QED) is 0.579. The summed E-state index contributed by atoms with van der Waals surface area (Å²) in [4.78, 5) is 0. The summed E-state index contributed by atoms with van der Waals surface area (Å²) in [5, 5.41) is 8.28. The van der Waals surface area contributed by atoms with Crippen molar-refractivity contribution in [1.29, 1.82) is 0 Å². The monoisotopic (exact) mass is 257 g/mol. The van der Waals surface area contributed by atoms with Gasteiger partial charge in [0, 0.05) is 12.9 Å². The van der Waals surface area contributed by atoms with E-state index in [9.17, 15) is 0 Å². The molecule has 0 aliphatic rings. The maximum atomic E-state index is 4.83. The van der Waals surface area contributed by atoms with Crippen molar-refractivity contribution < 1.29 is 4.18 Å². The predicted molar refractivity (Wildman–Crippen MR) is 72.7 cm³/mol. The molecule has 0 saturated heterocycles. The molecule has 0 bridgehead atoms. The molecule has 90 valence electrons. The van der Waals surface area contributed by atoms with Crippen LogP contribution in [0.15, 0.2) is 48.5 Å². The summed E-state index contributed by atoms with van der Waals surface area (Å²) in [6, 6.07) is 15.6. The van der Waals surface area contributed by atoms with Gasteiger partial charge in [-0.15, -0.1) is 5.10 Å². The van der Waals surface area contributed by atoms with E-state index in [-0.39, 0.29) is 0 Å². The van der Waals surface area contributed by atoms with E-state index in [1.807, 2.05) is 53.2 Å². The van der Waals surface area contributed by atoms with E-state index in [4.69, 9.17) is 4.18 Å². The van der Waals surface area contributed by atoms with Crippen LogP contribution < -0.4 is 4.18 Å². The molecule has 3 aromatic rings. The minimum absolute atomic E-state index is 0.688. The van der Waals surface area contributed by atoms with Crippen LogP contribution in [0.5, 0.6) is 5.75 Å². The van der Waals surface area contributed by atoms with Crippen molar-refractivity contribution in [2.24, 2.45) is 0 Å². The molecule has 0 saturated carbocycles. The van der Waals surface area contributed by atoms with E-state index in [2.05, 4.69) is 23.2 Å². The highest BCUT2D eigenvalue weighted by molar-refractivity contribution is 7.75. The van der Waals surface area contributed by atoms with E-state index in [1.165, 1.54) is 0 Å². The highest BCUT2D eigenvalue weighted by Crippen LogP contribution is 2.16. The summed E-state index contributed by atoms with van der Waals surface area (Å²) in [6.45, 7) is 0.688. The topological polar surface area (TPSA) is 39.9 Å². The Morgan fingerprint density at radius 1 is 1.06 bits per heavy atom. The Labute approximate surface area is 110 Å². The van der Waals surface area contributed by atoms with Gasteiger partial charge < -0.3 is 4.18 Å². The first-order valence-electron chi connectivity index (χ1n) is 5.55. The molecule has 18 heavy (non-hydrogen) atoms. The number of rotatable bonds is 3. The highest BCUT2D eigenvalue weighted by atomic mass is 32.1. The van der Waals surface area contributed by atoms with E-state index >= 15 is 0 Å². The molecule has 0 N–H and O–H groups in total. The van der Waals surface area contributed by atoms with Gasteiger partial charge in [0.05, 0.1) is 12.1 Å². The van der Waals surface area contributed by atoms with Crippen LogP contribution in [0.2, 0.25) is 0 Å². The molecular formula is C13H11N3OS. The number of thiol groups is 1. The maximum Gasteiger partial charge on any atom is 0.137 e. The van der Waals surface area contributed by atoms with Gasteiger partial charge in [0.2, 0.25) is 0 Å². The number of aromatic nitrogens is 3. The first kappa shape index (κ1) is 11.1. The van der Waals surface area contributed by atoms with Gasteiger partial charge in [0.15, 0.2) is 0 Å². The zero-order valence-electron chi connectivity index (χ0n) is 9.52. The van der Waals surface area contributed by atoms with Crippen molar-refractivity contribution in [2.75, 3.05) is 0 Å². The van der Waals surface area contributed by atoms with Gasteiger partial charge in [0.1, 0.15) is 11.3 Å². The second-order valence-corrected chi connectivity index (χ2v) is 4.15. The molecule has 0 fully saturated rings. The van der Waals surface area contributed by atoms with Crippen LogP contribution in [0.1, 0.15) is 5.56 Å². The van der Waals surface area contributed by atoms with Gasteiger partial charge in [0.25, 0.3) is 0 Å². The zero-order valence-corrected chi connectivity index (χ0v) is 10.4. The van der Waals surface area contributed by atoms with Crippen LogP contribution in [0, 0.1) is 0 Å². The third kappa shape index (κ3) is 2.04. The Morgan fingerprint density at radius 3 is 2.61 bits per heavy atom. The Balaban J connectivity index is 1.91. The van der Waals surface area contributed by atoms with Crippen molar-refractivity contribution >= 4 is 23.9 Å².